The Labute approximate surface area is 80.7 Å². The van der Waals surface area contributed by atoms with Crippen molar-refractivity contribution in [2.45, 2.75) is 40.5 Å². The molecule has 0 aromatic heterocycles. The molecule has 1 rings (SSSR count). The first kappa shape index (κ1) is 10.6. The number of rotatable bonds is 2. The van der Waals surface area contributed by atoms with Crippen LogP contribution < -0.4 is 0 Å². The van der Waals surface area contributed by atoms with Crippen molar-refractivity contribution < 1.29 is 9.53 Å². The van der Waals surface area contributed by atoms with E-state index in [-0.39, 0.29) is 17.3 Å². The van der Waals surface area contributed by atoms with E-state index < -0.39 is 0 Å². The Bertz CT molecular complexity index is 200. The van der Waals surface area contributed by atoms with Crippen LogP contribution in [0.3, 0.4) is 0 Å². The van der Waals surface area contributed by atoms with Crippen LogP contribution in [0.1, 0.15) is 40.5 Å². The van der Waals surface area contributed by atoms with Crippen molar-refractivity contribution in [1.29, 1.82) is 0 Å². The van der Waals surface area contributed by atoms with Gasteiger partial charge in [-0.05, 0) is 12.3 Å². The van der Waals surface area contributed by atoms with Crippen molar-refractivity contribution in [2.24, 2.45) is 17.3 Å². The van der Waals surface area contributed by atoms with E-state index in [2.05, 4.69) is 20.8 Å². The van der Waals surface area contributed by atoms with E-state index in [4.69, 9.17) is 4.74 Å². The van der Waals surface area contributed by atoms with Crippen molar-refractivity contribution in [3.8, 4) is 0 Å². The summed E-state index contributed by atoms with van der Waals surface area (Å²) in [6.07, 6.45) is 2.30. The molecule has 1 saturated heterocycles. The smallest absolute Gasteiger partial charge is 0.308 e. The highest BCUT2D eigenvalue weighted by Crippen LogP contribution is 2.41. The van der Waals surface area contributed by atoms with Gasteiger partial charge in [0.25, 0.3) is 0 Å². The minimum Gasteiger partial charge on any atom is -0.465 e. The first-order valence-electron chi connectivity index (χ1n) is 5.18. The second-order valence-electron chi connectivity index (χ2n) is 4.59. The molecule has 0 N–H and O–H groups in total. The molecule has 0 aliphatic carbocycles. The SMILES string of the molecule is CCCC1(C)COC(=O)C(C)C1C. The number of carbonyl (C=O) groups is 1. The summed E-state index contributed by atoms with van der Waals surface area (Å²) in [5.74, 6) is 0.472. The minimum atomic E-state index is -0.0268. The molecular formula is C11H20O2. The van der Waals surface area contributed by atoms with Crippen LogP contribution in [0.15, 0.2) is 0 Å². The fourth-order valence-corrected chi connectivity index (χ4v) is 2.18. The minimum absolute atomic E-state index is 0.0268. The van der Waals surface area contributed by atoms with Crippen LogP contribution in [0, 0.1) is 17.3 Å². The molecule has 1 aliphatic heterocycles. The van der Waals surface area contributed by atoms with Crippen LogP contribution in [0.25, 0.3) is 0 Å². The molecule has 2 nitrogen and oxygen atoms in total. The van der Waals surface area contributed by atoms with E-state index in [0.29, 0.717) is 12.5 Å². The van der Waals surface area contributed by atoms with Gasteiger partial charge in [-0.15, -0.1) is 0 Å². The molecule has 1 fully saturated rings. The third kappa shape index (κ3) is 1.87. The summed E-state index contributed by atoms with van der Waals surface area (Å²) >= 11 is 0. The normalized spacial score (nSPS) is 40.2. The largest absolute Gasteiger partial charge is 0.465 e. The van der Waals surface area contributed by atoms with Gasteiger partial charge in [0, 0.05) is 5.41 Å². The van der Waals surface area contributed by atoms with Gasteiger partial charge in [-0.2, -0.15) is 0 Å². The molecule has 1 aliphatic rings. The molecule has 3 unspecified atom stereocenters. The van der Waals surface area contributed by atoms with E-state index in [1.165, 1.54) is 0 Å². The average molecular weight is 184 g/mol. The van der Waals surface area contributed by atoms with Gasteiger partial charge in [0.2, 0.25) is 0 Å². The topological polar surface area (TPSA) is 26.3 Å². The van der Waals surface area contributed by atoms with E-state index >= 15 is 0 Å². The van der Waals surface area contributed by atoms with Crippen molar-refractivity contribution in [3.63, 3.8) is 0 Å². The highest BCUT2D eigenvalue weighted by atomic mass is 16.5. The van der Waals surface area contributed by atoms with Crippen molar-refractivity contribution in [3.05, 3.63) is 0 Å². The van der Waals surface area contributed by atoms with Gasteiger partial charge in [-0.25, -0.2) is 0 Å². The van der Waals surface area contributed by atoms with Crippen molar-refractivity contribution >= 4 is 5.97 Å². The lowest BCUT2D eigenvalue weighted by Gasteiger charge is -2.42. The van der Waals surface area contributed by atoms with Gasteiger partial charge in [-0.3, -0.25) is 4.79 Å². The number of hydrogen-bond acceptors (Lipinski definition) is 2. The quantitative estimate of drug-likeness (QED) is 0.617. The Morgan fingerprint density at radius 1 is 1.54 bits per heavy atom. The second-order valence-corrected chi connectivity index (χ2v) is 4.59. The van der Waals surface area contributed by atoms with E-state index in [1.807, 2.05) is 6.92 Å². The Hall–Kier alpha value is -0.530. The molecule has 0 aromatic carbocycles. The second kappa shape index (κ2) is 3.69. The summed E-state index contributed by atoms with van der Waals surface area (Å²) in [6, 6.07) is 0. The molecular weight excluding hydrogens is 164 g/mol. The lowest BCUT2D eigenvalue weighted by molar-refractivity contribution is -0.167. The van der Waals surface area contributed by atoms with E-state index in [9.17, 15) is 4.79 Å². The average Bonchev–Trinajstić information content (AvgIpc) is 2.10. The predicted octanol–water partition coefficient (Wildman–Crippen LogP) is 2.62. The number of carbonyl (C=O) groups excluding carboxylic acids is 1. The van der Waals surface area contributed by atoms with Gasteiger partial charge < -0.3 is 4.74 Å². The molecule has 1 heterocycles. The Morgan fingerprint density at radius 2 is 2.15 bits per heavy atom. The third-order valence-corrected chi connectivity index (χ3v) is 3.59. The van der Waals surface area contributed by atoms with Crippen LogP contribution in [0.5, 0.6) is 0 Å². The van der Waals surface area contributed by atoms with Gasteiger partial charge in [0.05, 0.1) is 12.5 Å². The first-order valence-corrected chi connectivity index (χ1v) is 5.18. The molecule has 0 aromatic rings. The zero-order valence-corrected chi connectivity index (χ0v) is 9.09. The lowest BCUT2D eigenvalue weighted by atomic mass is 9.68. The maximum absolute atomic E-state index is 11.3. The van der Waals surface area contributed by atoms with Gasteiger partial charge in [0.15, 0.2) is 0 Å². The first-order chi connectivity index (χ1) is 6.01. The number of esters is 1. The summed E-state index contributed by atoms with van der Waals surface area (Å²) in [6.45, 7) is 9.15. The predicted molar refractivity (Wildman–Crippen MR) is 52.3 cm³/mol. The zero-order chi connectivity index (χ0) is 10.1. The molecule has 3 atom stereocenters. The van der Waals surface area contributed by atoms with Crippen LogP contribution in [0.4, 0.5) is 0 Å². The maximum Gasteiger partial charge on any atom is 0.308 e. The summed E-state index contributed by atoms with van der Waals surface area (Å²) in [7, 11) is 0. The highest BCUT2D eigenvalue weighted by molar-refractivity contribution is 5.73. The molecule has 76 valence electrons. The zero-order valence-electron chi connectivity index (χ0n) is 9.09. The van der Waals surface area contributed by atoms with Gasteiger partial charge in [0.1, 0.15) is 0 Å². The summed E-state index contributed by atoms with van der Waals surface area (Å²) in [4.78, 5) is 11.3. The van der Waals surface area contributed by atoms with Gasteiger partial charge >= 0.3 is 5.97 Å². The van der Waals surface area contributed by atoms with Crippen molar-refractivity contribution in [1.82, 2.24) is 0 Å². The Balaban J connectivity index is 2.73. The van der Waals surface area contributed by atoms with Crippen molar-refractivity contribution in [2.75, 3.05) is 6.61 Å². The maximum atomic E-state index is 11.3. The fourth-order valence-electron chi connectivity index (χ4n) is 2.18. The standard InChI is InChI=1S/C11H20O2/c1-5-6-11(4)7-13-10(12)8(2)9(11)3/h8-9H,5-7H2,1-4H3. The molecule has 0 radical (unpaired) electrons. The lowest BCUT2D eigenvalue weighted by Crippen LogP contribution is -2.43. The van der Waals surface area contributed by atoms with Crippen LogP contribution in [-0.2, 0) is 9.53 Å². The van der Waals surface area contributed by atoms with Crippen LogP contribution >= 0.6 is 0 Å². The molecule has 13 heavy (non-hydrogen) atoms. The summed E-state index contributed by atoms with van der Waals surface area (Å²) < 4.78 is 5.19. The van der Waals surface area contributed by atoms with Gasteiger partial charge in [-0.1, -0.05) is 34.1 Å². The summed E-state index contributed by atoms with van der Waals surface area (Å²) in [5.41, 5.74) is 0.197. The fraction of sp³-hybridized carbons (Fsp3) is 0.909. The third-order valence-electron chi connectivity index (χ3n) is 3.59. The van der Waals surface area contributed by atoms with Crippen LogP contribution in [-0.4, -0.2) is 12.6 Å². The molecule has 0 saturated carbocycles. The van der Waals surface area contributed by atoms with E-state index in [0.717, 1.165) is 12.8 Å². The monoisotopic (exact) mass is 184 g/mol. The van der Waals surface area contributed by atoms with E-state index in [1.54, 1.807) is 0 Å². The molecule has 0 spiro atoms. The molecule has 0 amide bonds. The Morgan fingerprint density at radius 3 is 2.69 bits per heavy atom. The number of ether oxygens (including phenoxy) is 1. The molecule has 0 bridgehead atoms. The number of hydrogen-bond donors (Lipinski definition) is 0. The number of cyclic esters (lactones) is 1. The Kier molecular flexibility index (Phi) is 2.99. The summed E-state index contributed by atoms with van der Waals surface area (Å²) in [5, 5.41) is 0. The highest BCUT2D eigenvalue weighted by Gasteiger charge is 2.42. The van der Waals surface area contributed by atoms with Crippen LogP contribution in [0.2, 0.25) is 0 Å². The molecule has 2 heteroatoms.